The number of carboxylic acids is 3. The van der Waals surface area contributed by atoms with Gasteiger partial charge >= 0.3 is 17.9 Å². The van der Waals surface area contributed by atoms with Crippen molar-refractivity contribution in [3.63, 3.8) is 0 Å². The van der Waals surface area contributed by atoms with Gasteiger partial charge < -0.3 is 20.4 Å². The van der Waals surface area contributed by atoms with Crippen molar-refractivity contribution < 1.29 is 34.8 Å². The second kappa shape index (κ2) is 5.17. The van der Waals surface area contributed by atoms with Crippen LogP contribution < -0.4 is 10.4 Å². The summed E-state index contributed by atoms with van der Waals surface area (Å²) in [4.78, 5) is 34.7. The molecule has 0 saturated carbocycles. The van der Waals surface area contributed by atoms with E-state index in [1.54, 1.807) is 24.3 Å². The second-order valence-corrected chi connectivity index (χ2v) is 5.55. The SMILES string of the molecule is O=C(O)C1=c2cc3ccccc3cc2=CC(O)(C(=O)O)C1C(=O)O. The van der Waals surface area contributed by atoms with Gasteiger partial charge in [0.2, 0.25) is 0 Å². The van der Waals surface area contributed by atoms with E-state index in [4.69, 9.17) is 0 Å². The van der Waals surface area contributed by atoms with E-state index in [9.17, 15) is 34.8 Å². The first kappa shape index (κ1) is 15.7. The molecule has 122 valence electrons. The summed E-state index contributed by atoms with van der Waals surface area (Å²) in [5.41, 5.74) is -3.51. The summed E-state index contributed by atoms with van der Waals surface area (Å²) in [5, 5.41) is 40.2. The number of hydrogen-bond acceptors (Lipinski definition) is 4. The number of carbonyl (C=O) groups is 3. The van der Waals surface area contributed by atoms with E-state index in [1.807, 2.05) is 0 Å². The first-order valence-electron chi connectivity index (χ1n) is 6.93. The van der Waals surface area contributed by atoms with Gasteiger partial charge in [0.05, 0.1) is 5.57 Å². The van der Waals surface area contributed by atoms with Crippen LogP contribution in [0.3, 0.4) is 0 Å². The fourth-order valence-electron chi connectivity index (χ4n) is 3.04. The van der Waals surface area contributed by atoms with Crippen molar-refractivity contribution in [3.8, 4) is 0 Å². The van der Waals surface area contributed by atoms with Gasteiger partial charge in [-0.3, -0.25) is 4.79 Å². The maximum atomic E-state index is 11.7. The highest BCUT2D eigenvalue weighted by molar-refractivity contribution is 6.18. The smallest absolute Gasteiger partial charge is 0.341 e. The molecule has 0 fully saturated rings. The molecule has 2 aromatic carbocycles. The lowest BCUT2D eigenvalue weighted by molar-refractivity contribution is -0.163. The molecule has 0 amide bonds. The van der Waals surface area contributed by atoms with E-state index in [2.05, 4.69) is 0 Å². The Kier molecular flexibility index (Phi) is 3.38. The molecule has 0 radical (unpaired) electrons. The van der Waals surface area contributed by atoms with Crippen molar-refractivity contribution in [2.45, 2.75) is 5.60 Å². The highest BCUT2D eigenvalue weighted by Gasteiger charge is 2.52. The average molecular weight is 328 g/mol. The van der Waals surface area contributed by atoms with Crippen LogP contribution in [-0.2, 0) is 14.4 Å². The van der Waals surface area contributed by atoms with Gasteiger partial charge in [0.15, 0.2) is 5.60 Å². The van der Waals surface area contributed by atoms with Gasteiger partial charge in [0, 0.05) is 0 Å². The predicted molar refractivity (Wildman–Crippen MR) is 82.4 cm³/mol. The average Bonchev–Trinajstić information content (AvgIpc) is 2.51. The first-order valence-corrected chi connectivity index (χ1v) is 6.93. The molecular formula is C17H12O7. The molecule has 2 aromatic rings. The van der Waals surface area contributed by atoms with Crippen LogP contribution in [0.15, 0.2) is 36.4 Å². The Balaban J connectivity index is 2.55. The van der Waals surface area contributed by atoms with Gasteiger partial charge in [-0.1, -0.05) is 24.3 Å². The maximum Gasteiger partial charge on any atom is 0.341 e. The molecule has 7 heteroatoms. The third-order valence-corrected chi connectivity index (χ3v) is 4.13. The lowest BCUT2D eigenvalue weighted by Gasteiger charge is -2.30. The summed E-state index contributed by atoms with van der Waals surface area (Å²) in [5.74, 6) is -7.27. The summed E-state index contributed by atoms with van der Waals surface area (Å²) in [6.07, 6.45) is 0.891. The maximum absolute atomic E-state index is 11.7. The summed E-state index contributed by atoms with van der Waals surface area (Å²) in [6, 6.07) is 9.98. The van der Waals surface area contributed by atoms with Crippen LogP contribution >= 0.6 is 0 Å². The summed E-state index contributed by atoms with van der Waals surface area (Å²) in [7, 11) is 0. The van der Waals surface area contributed by atoms with Crippen LogP contribution in [0.2, 0.25) is 0 Å². The summed E-state index contributed by atoms with van der Waals surface area (Å²) in [6.45, 7) is 0. The molecule has 24 heavy (non-hydrogen) atoms. The largest absolute Gasteiger partial charge is 0.481 e. The molecule has 2 atom stereocenters. The van der Waals surface area contributed by atoms with Crippen LogP contribution in [0.5, 0.6) is 0 Å². The molecule has 3 rings (SSSR count). The van der Waals surface area contributed by atoms with Gasteiger partial charge in [-0.15, -0.1) is 0 Å². The number of rotatable bonds is 3. The third-order valence-electron chi connectivity index (χ3n) is 4.13. The van der Waals surface area contributed by atoms with Crippen molar-refractivity contribution in [2.75, 3.05) is 0 Å². The van der Waals surface area contributed by atoms with E-state index in [0.717, 1.165) is 6.08 Å². The molecular weight excluding hydrogens is 316 g/mol. The fraction of sp³-hybridized carbons (Fsp3) is 0.118. The van der Waals surface area contributed by atoms with Gasteiger partial charge in [-0.25, -0.2) is 9.59 Å². The predicted octanol–water partition coefficient (Wildman–Crippen LogP) is -0.614. The first-order chi connectivity index (χ1) is 11.3. The monoisotopic (exact) mass is 328 g/mol. The molecule has 0 spiro atoms. The Hall–Kier alpha value is -3.19. The molecule has 0 bridgehead atoms. The minimum absolute atomic E-state index is 0.0829. The lowest BCUT2D eigenvalue weighted by Crippen LogP contribution is -2.56. The van der Waals surface area contributed by atoms with Crippen molar-refractivity contribution >= 4 is 40.3 Å². The number of fused-ring (bicyclic) bond motifs is 2. The minimum atomic E-state index is -2.85. The van der Waals surface area contributed by atoms with Crippen molar-refractivity contribution in [1.29, 1.82) is 0 Å². The number of carboxylic acid groups (broad SMARTS) is 3. The van der Waals surface area contributed by atoms with Crippen LogP contribution in [0.4, 0.5) is 0 Å². The number of benzene rings is 2. The lowest BCUT2D eigenvalue weighted by atomic mass is 9.76. The van der Waals surface area contributed by atoms with Gasteiger partial charge in [-0.2, -0.15) is 0 Å². The Morgan fingerprint density at radius 2 is 1.54 bits per heavy atom. The molecule has 1 aliphatic carbocycles. The van der Waals surface area contributed by atoms with E-state index in [1.165, 1.54) is 12.1 Å². The van der Waals surface area contributed by atoms with Crippen molar-refractivity contribution in [2.24, 2.45) is 5.92 Å². The Morgan fingerprint density at radius 1 is 0.958 bits per heavy atom. The zero-order valence-electron chi connectivity index (χ0n) is 12.1. The highest BCUT2D eigenvalue weighted by atomic mass is 16.4. The zero-order valence-corrected chi connectivity index (χ0v) is 12.1. The number of aliphatic hydroxyl groups is 1. The van der Waals surface area contributed by atoms with E-state index in [0.29, 0.717) is 10.8 Å². The molecule has 0 saturated heterocycles. The molecule has 4 N–H and O–H groups in total. The molecule has 2 unspecified atom stereocenters. The molecule has 7 nitrogen and oxygen atoms in total. The van der Waals surface area contributed by atoms with Crippen molar-refractivity contribution in [1.82, 2.24) is 0 Å². The quantitative estimate of drug-likeness (QED) is 0.590. The summed E-state index contributed by atoms with van der Waals surface area (Å²) >= 11 is 0. The Bertz CT molecular complexity index is 1020. The van der Waals surface area contributed by atoms with Gasteiger partial charge in [-0.05, 0) is 39.4 Å². The van der Waals surface area contributed by atoms with Crippen LogP contribution in [0.1, 0.15) is 0 Å². The zero-order chi connectivity index (χ0) is 17.6. The summed E-state index contributed by atoms with van der Waals surface area (Å²) < 4.78 is 0. The number of aliphatic carboxylic acids is 3. The van der Waals surface area contributed by atoms with E-state index < -0.39 is 35.0 Å². The van der Waals surface area contributed by atoms with Crippen LogP contribution in [-0.4, -0.2) is 43.9 Å². The van der Waals surface area contributed by atoms with E-state index >= 15 is 0 Å². The van der Waals surface area contributed by atoms with Gasteiger partial charge in [0.25, 0.3) is 0 Å². The Morgan fingerprint density at radius 3 is 2.04 bits per heavy atom. The standard InChI is InChI=1S/C17H12O7/c18-14(19)12-11-6-9-4-2-1-3-8(9)5-10(11)7-17(24,16(22)23)13(12)15(20)21/h1-7,13,24H,(H,18,19)(H,20,21)(H,22,23). The number of hydrogen-bond donors (Lipinski definition) is 4. The van der Waals surface area contributed by atoms with Gasteiger partial charge in [0.1, 0.15) is 5.92 Å². The van der Waals surface area contributed by atoms with E-state index in [-0.39, 0.29) is 10.4 Å². The molecule has 0 aromatic heterocycles. The fourth-order valence-corrected chi connectivity index (χ4v) is 3.04. The minimum Gasteiger partial charge on any atom is -0.481 e. The molecule has 0 heterocycles. The van der Waals surface area contributed by atoms with Crippen LogP contribution in [0.25, 0.3) is 22.4 Å². The second-order valence-electron chi connectivity index (χ2n) is 5.55. The van der Waals surface area contributed by atoms with Crippen LogP contribution in [0, 0.1) is 5.92 Å². The van der Waals surface area contributed by atoms with Crippen molar-refractivity contribution in [3.05, 3.63) is 46.8 Å². The molecule has 0 aliphatic heterocycles. The Labute approximate surface area is 134 Å². The normalized spacial score (nSPS) is 22.5. The highest BCUT2D eigenvalue weighted by Crippen LogP contribution is 2.30. The molecule has 1 aliphatic rings. The topological polar surface area (TPSA) is 132 Å². The third kappa shape index (κ3) is 2.14.